The number of hydrogen-bond donors (Lipinski definition) is 33. The lowest BCUT2D eigenvalue weighted by molar-refractivity contribution is -0.143. The maximum absolute atomic E-state index is 14.7. The van der Waals surface area contributed by atoms with Gasteiger partial charge in [-0.2, -0.15) is 0 Å². The van der Waals surface area contributed by atoms with Crippen LogP contribution in [0.25, 0.3) is 0 Å². The van der Waals surface area contributed by atoms with E-state index < -0.39 is 304 Å². The van der Waals surface area contributed by atoms with Crippen molar-refractivity contribution in [3.05, 3.63) is 95.6 Å². The first-order chi connectivity index (χ1) is 66.6. The van der Waals surface area contributed by atoms with Crippen LogP contribution in [0.4, 0.5) is 0 Å². The molecule has 3 rings (SSSR count). The minimum Gasteiger partial charge on any atom is -0.508 e. The maximum atomic E-state index is 14.7. The maximum Gasteiger partial charge on any atom is 0.328 e. The number of nitrogens with one attached hydrogen (secondary N) is 18. The van der Waals surface area contributed by atoms with Gasteiger partial charge in [0.2, 0.25) is 94.5 Å². The second-order valence-electron chi connectivity index (χ2n) is 33.5. The van der Waals surface area contributed by atoms with Gasteiger partial charge >= 0.3 is 29.8 Å². The highest BCUT2D eigenvalue weighted by molar-refractivity contribution is 6.03. The summed E-state index contributed by atoms with van der Waals surface area (Å²) in [5, 5.41) is 144. The molecule has 3 aromatic rings. The van der Waals surface area contributed by atoms with E-state index in [-0.39, 0.29) is 108 Å². The largest absolute Gasteiger partial charge is 0.508 e. The molecule has 8 unspecified atom stereocenters. The van der Waals surface area contributed by atoms with Crippen molar-refractivity contribution < 1.29 is 152 Å². The van der Waals surface area contributed by atoms with Crippen molar-refractivity contribution >= 4 is 130 Å². The van der Waals surface area contributed by atoms with Crippen LogP contribution in [0.1, 0.15) is 147 Å². The molecular weight excluding hydrogens is 1860 g/mol. The zero-order valence-corrected chi connectivity index (χ0v) is 78.0. The molecule has 38 N–H and O–H groups in total. The van der Waals surface area contributed by atoms with E-state index in [1.54, 1.807) is 19.9 Å². The third-order valence-corrected chi connectivity index (χ3v) is 21.2. The molecule has 141 heavy (non-hydrogen) atoms. The first-order valence-corrected chi connectivity index (χ1v) is 44.9. The van der Waals surface area contributed by atoms with Gasteiger partial charge in [0.15, 0.2) is 5.96 Å². The number of aliphatic carboxylic acids is 5. The molecule has 0 aromatic heterocycles. The quantitative estimate of drug-likeness (QED) is 0.00820. The lowest BCUT2D eigenvalue weighted by Crippen LogP contribution is -2.62. The molecule has 0 spiro atoms. The topological polar surface area (TPSA) is 919 Å². The Kier molecular flexibility index (Phi) is 53.6. The number of amides is 16. The van der Waals surface area contributed by atoms with Gasteiger partial charge in [-0.3, -0.25) is 107 Å². The molecule has 0 aliphatic carbocycles. The molecule has 54 heteroatoms. The molecule has 0 bridgehead atoms. The zero-order chi connectivity index (χ0) is 106. The predicted molar refractivity (Wildman–Crippen MR) is 494 cm³/mol. The number of hydrazine groups is 1. The van der Waals surface area contributed by atoms with Crippen LogP contribution in [0.15, 0.2) is 78.9 Å². The highest BCUT2D eigenvalue weighted by Gasteiger charge is 2.41. The number of aliphatic hydroxyl groups excluding tert-OH is 3. The van der Waals surface area contributed by atoms with Crippen molar-refractivity contribution in [1.82, 2.24) is 90.5 Å². The third kappa shape index (κ3) is 45.5. The number of carboxylic acid groups (broad SMARTS) is 5. The van der Waals surface area contributed by atoms with E-state index in [1.165, 1.54) is 86.6 Å². The van der Waals surface area contributed by atoms with Gasteiger partial charge in [0.05, 0.1) is 39.1 Å². The standard InChI is InChI=1S/C87H131N23O31/c1-43(2)33-55(76(130)98-53(26-28-66(117)118)74(128)96-50(15-8-10-30-88)71(125)95-51(16-9-11-31-89)72(126)99-57(35-46-18-22-48(114)23-19-46)77(131)97-52(17-12-32-94-87(91)92)73(127)108-64(42-113)86(140)141)105-85(139)70(44(3)4)109-82(136)59(37-65(90)116)102-83(137)62(40-111)107-84(138)63(41-112)106-81(135)61(39-69(123)124)104-80(134)60(38-68(121)122)103-79(133)56(34-45-13-6-5-7-14-45)101-78(132)58(36-47-20-24-49(115)25-21-47)100-75(129)54(110-93)27-29-67(119)120/h5-7,13-14,18-25,43-44,50-64,70,110-115H,8-12,15-17,26-42,88-89,93H2,1-4H3,(H2,90,116)(H,95,125)(H,96,128)(H,97,131)(H,98,130)(H,99,126)(H,100,129)(H,101,132)(H,102,137)(H,103,133)(H,104,134)(H,105,139)(H,106,135)(H,107,138)(H,108,127)(H,109,136)(H,117,118)(H,119,120)(H,121,122)(H,123,124)(H,140,141)(H4,91,92,94)/t50?,51-,52-,53-,54-,55?,56-,57?,58?,59?,60?,61-,62-,63?,64?,70-/m0/s1. The lowest BCUT2D eigenvalue weighted by atomic mass is 9.98. The van der Waals surface area contributed by atoms with Crippen molar-refractivity contribution in [1.29, 1.82) is 5.41 Å². The number of hydrogen-bond acceptors (Lipinski definition) is 31. The van der Waals surface area contributed by atoms with E-state index in [4.69, 9.17) is 34.2 Å². The van der Waals surface area contributed by atoms with Gasteiger partial charge in [-0.1, -0.05) is 82.3 Å². The molecule has 0 fully saturated rings. The molecule has 0 aliphatic heterocycles. The number of carbonyl (C=O) groups is 21. The Morgan fingerprint density at radius 3 is 0.943 bits per heavy atom. The summed E-state index contributed by atoms with van der Waals surface area (Å²) in [6.07, 6.45) is -7.37. The summed E-state index contributed by atoms with van der Waals surface area (Å²) in [5.41, 5.74) is 25.7. The lowest BCUT2D eigenvalue weighted by Gasteiger charge is -2.29. The summed E-state index contributed by atoms with van der Waals surface area (Å²) >= 11 is 0. The number of rotatable bonds is 68. The van der Waals surface area contributed by atoms with E-state index in [2.05, 4.69) is 74.5 Å². The Hall–Kier alpha value is -14.9. The monoisotopic (exact) mass is 1990 g/mol. The van der Waals surface area contributed by atoms with Gasteiger partial charge in [0, 0.05) is 38.6 Å². The van der Waals surface area contributed by atoms with Gasteiger partial charge in [0.25, 0.3) is 0 Å². The van der Waals surface area contributed by atoms with Crippen LogP contribution >= 0.6 is 0 Å². The van der Waals surface area contributed by atoms with Gasteiger partial charge in [-0.05, 0) is 137 Å². The van der Waals surface area contributed by atoms with Crippen LogP contribution < -0.4 is 119 Å². The fraction of sp³-hybridized carbons (Fsp3) is 0.540. The minimum absolute atomic E-state index is 0.00971. The molecule has 0 heterocycles. The second kappa shape index (κ2) is 62.9. The van der Waals surface area contributed by atoms with E-state index >= 15 is 0 Å². The number of unbranched alkanes of at least 4 members (excludes halogenated alkanes) is 2. The summed E-state index contributed by atoms with van der Waals surface area (Å²) in [6, 6.07) is -11.1. The van der Waals surface area contributed by atoms with Crippen LogP contribution in [0.3, 0.4) is 0 Å². The molecular formula is C87H131N23O31. The average molecular weight is 2000 g/mol. The number of phenols is 2. The fourth-order valence-corrected chi connectivity index (χ4v) is 13.7. The molecule has 0 saturated carbocycles. The number of phenolic OH excluding ortho intramolecular Hbond substituents is 2. The molecule has 16 amide bonds. The molecule has 3 aromatic carbocycles. The minimum atomic E-state index is -2.34. The van der Waals surface area contributed by atoms with E-state index in [1.807, 2.05) is 16.0 Å². The fourth-order valence-electron chi connectivity index (χ4n) is 13.7. The van der Waals surface area contributed by atoms with Crippen LogP contribution in [0.5, 0.6) is 11.5 Å². The number of primary amides is 1. The molecule has 0 aliphatic rings. The second-order valence-corrected chi connectivity index (χ2v) is 33.5. The number of aromatic hydroxyl groups is 2. The first kappa shape index (κ1) is 120. The Balaban J connectivity index is 1.93. The Morgan fingerprint density at radius 2 is 0.610 bits per heavy atom. The zero-order valence-electron chi connectivity index (χ0n) is 78.0. The van der Waals surface area contributed by atoms with Crippen molar-refractivity contribution in [2.75, 3.05) is 39.5 Å². The van der Waals surface area contributed by atoms with Crippen LogP contribution in [-0.2, 0) is 120 Å². The Morgan fingerprint density at radius 1 is 0.319 bits per heavy atom. The van der Waals surface area contributed by atoms with E-state index in [0.29, 0.717) is 16.7 Å². The summed E-state index contributed by atoms with van der Waals surface area (Å²) in [6.45, 7) is 2.28. The molecule has 54 nitrogen and oxygen atoms in total. The van der Waals surface area contributed by atoms with Crippen molar-refractivity contribution in [3.63, 3.8) is 0 Å². The number of carboxylic acids is 5. The van der Waals surface area contributed by atoms with Gasteiger partial charge in [0.1, 0.15) is 108 Å². The summed E-state index contributed by atoms with van der Waals surface area (Å²) < 4.78 is 0. The molecule has 780 valence electrons. The molecule has 0 radical (unpaired) electrons. The number of guanidine groups is 1. The molecule has 16 atom stereocenters. The van der Waals surface area contributed by atoms with Gasteiger partial charge in [-0.25, -0.2) is 10.2 Å². The number of carbonyl (C=O) groups excluding carboxylic acids is 16. The van der Waals surface area contributed by atoms with Crippen molar-refractivity contribution in [3.8, 4) is 11.5 Å². The summed E-state index contributed by atoms with van der Waals surface area (Å²) in [7, 11) is 0. The SMILES string of the molecule is CC(C)CC(NC(=O)[C@@H](NC(=O)C(CC(N)=O)NC(=O)[C@H](CO)NC(=O)C(CO)NC(=O)[C@H](CC(=O)O)NC(=O)C(CC(=O)O)NC(=O)[C@H](Cc1ccccc1)NC(=O)C(Cc1ccc(O)cc1)NC(=O)[C@H](CCC(=O)O)NN)C(C)C)C(=O)N[C@@H](CCC(=O)O)C(=O)NC(CCCCN)C(=O)N[C@@H](CCCCN)C(=O)NC(Cc1ccc(O)cc1)C(=O)N[C@@H](CCCNC(=N)N)C(=O)NC(CO)C(=O)O. The van der Waals surface area contributed by atoms with Crippen molar-refractivity contribution in [2.24, 2.45) is 40.6 Å². The number of aliphatic hydroxyl groups is 3. The van der Waals surface area contributed by atoms with Gasteiger partial charge < -0.3 is 159 Å². The average Bonchev–Trinajstić information content (AvgIpc) is 0.845. The number of nitrogens with two attached hydrogens (primary N) is 5. The van der Waals surface area contributed by atoms with E-state index in [9.17, 15) is 152 Å². The van der Waals surface area contributed by atoms with Crippen LogP contribution in [-0.4, -0.2) is 318 Å². The Labute approximate surface area is 808 Å². The molecule has 0 saturated heterocycles. The van der Waals surface area contributed by atoms with Crippen LogP contribution in [0, 0.1) is 17.2 Å². The highest BCUT2D eigenvalue weighted by Crippen LogP contribution is 2.19. The summed E-state index contributed by atoms with van der Waals surface area (Å²) in [5.74, 6) is -24.7. The van der Waals surface area contributed by atoms with Crippen molar-refractivity contribution in [2.45, 2.75) is 246 Å². The summed E-state index contributed by atoms with van der Waals surface area (Å²) in [4.78, 5) is 286. The normalized spacial score (nSPS) is 14.5. The smallest absolute Gasteiger partial charge is 0.328 e. The number of benzene rings is 3. The third-order valence-electron chi connectivity index (χ3n) is 21.2. The first-order valence-electron chi connectivity index (χ1n) is 44.9. The predicted octanol–water partition coefficient (Wildman–Crippen LogP) is -9.93. The Bertz CT molecular complexity index is 4750. The van der Waals surface area contributed by atoms with Gasteiger partial charge in [-0.15, -0.1) is 0 Å². The van der Waals surface area contributed by atoms with Crippen LogP contribution in [0.2, 0.25) is 0 Å². The van der Waals surface area contributed by atoms with E-state index in [0.717, 1.165) is 0 Å². The highest BCUT2D eigenvalue weighted by atomic mass is 16.4.